The minimum absolute atomic E-state index is 0.0365. The second-order valence-corrected chi connectivity index (χ2v) is 7.79. The van der Waals surface area contributed by atoms with Crippen molar-refractivity contribution in [3.8, 4) is 5.75 Å². The summed E-state index contributed by atoms with van der Waals surface area (Å²) in [6.45, 7) is 0.574. The predicted molar refractivity (Wildman–Crippen MR) is 121 cm³/mol. The molecular formula is C26H31N2O2+. The van der Waals surface area contributed by atoms with Crippen LogP contribution >= 0.6 is 0 Å². The highest BCUT2D eigenvalue weighted by molar-refractivity contribution is 5.77. The third-order valence-electron chi connectivity index (χ3n) is 5.49. The van der Waals surface area contributed by atoms with Gasteiger partial charge in [0.15, 0.2) is 0 Å². The summed E-state index contributed by atoms with van der Waals surface area (Å²) in [4.78, 5) is 14.2. The predicted octanol–water partition coefficient (Wildman–Crippen LogP) is 3.22. The van der Waals surface area contributed by atoms with Crippen LogP contribution in [0, 0.1) is 0 Å². The minimum Gasteiger partial charge on any atom is -0.497 e. The number of likely N-dealkylation sites (N-methyl/N-ethyl adjacent to an activating group) is 1. The molecule has 1 atom stereocenters. The Bertz CT molecular complexity index is 887. The molecule has 4 heteroatoms. The monoisotopic (exact) mass is 403 g/mol. The van der Waals surface area contributed by atoms with Gasteiger partial charge in [-0.1, -0.05) is 72.8 Å². The van der Waals surface area contributed by atoms with Crippen LogP contribution in [0.1, 0.15) is 35.1 Å². The van der Waals surface area contributed by atoms with Crippen LogP contribution in [0.25, 0.3) is 0 Å². The number of carbonyl (C=O) groups is 1. The van der Waals surface area contributed by atoms with Crippen LogP contribution in [0.2, 0.25) is 0 Å². The second-order valence-electron chi connectivity index (χ2n) is 7.79. The number of hydrogen-bond donors (Lipinski definition) is 2. The number of quaternary nitrogens is 1. The standard InChI is InChI=1S/C26H30N2O2/c1-28(2)25(22-15-10-16-23(17-22)30-3)19-27-26(29)18-24(20-11-6-4-7-12-20)21-13-8-5-9-14-21/h4-17,24-25H,18-19H2,1-3H3,(H,27,29)/p+1/t25-/m0/s1. The van der Waals surface area contributed by atoms with Crippen LogP contribution in [-0.4, -0.2) is 33.7 Å². The fourth-order valence-electron chi connectivity index (χ4n) is 3.79. The Morgan fingerprint density at radius 1 is 0.867 bits per heavy atom. The average molecular weight is 404 g/mol. The third kappa shape index (κ3) is 5.71. The molecular weight excluding hydrogens is 372 g/mol. The minimum atomic E-state index is 0.0365. The van der Waals surface area contributed by atoms with Gasteiger partial charge in [0.1, 0.15) is 11.8 Å². The Morgan fingerprint density at radius 2 is 1.43 bits per heavy atom. The number of amides is 1. The highest BCUT2D eigenvalue weighted by Crippen LogP contribution is 2.27. The second kappa shape index (κ2) is 10.6. The molecule has 0 unspecified atom stereocenters. The van der Waals surface area contributed by atoms with Crippen molar-refractivity contribution in [1.29, 1.82) is 0 Å². The zero-order chi connectivity index (χ0) is 21.3. The maximum Gasteiger partial charge on any atom is 0.221 e. The molecule has 0 aliphatic heterocycles. The summed E-state index contributed by atoms with van der Waals surface area (Å²) in [5, 5.41) is 3.17. The lowest BCUT2D eigenvalue weighted by Gasteiger charge is -2.23. The Labute approximate surface area is 179 Å². The van der Waals surface area contributed by atoms with E-state index in [1.807, 2.05) is 54.6 Å². The molecule has 3 aromatic rings. The maximum absolute atomic E-state index is 12.9. The molecule has 0 saturated heterocycles. The smallest absolute Gasteiger partial charge is 0.221 e. The van der Waals surface area contributed by atoms with Crippen molar-refractivity contribution in [2.75, 3.05) is 27.7 Å². The van der Waals surface area contributed by atoms with Gasteiger partial charge in [0.2, 0.25) is 5.91 Å². The molecule has 0 aliphatic rings. The first-order chi connectivity index (χ1) is 14.6. The van der Waals surface area contributed by atoms with E-state index in [-0.39, 0.29) is 17.9 Å². The number of carbonyl (C=O) groups excluding carboxylic acids is 1. The van der Waals surface area contributed by atoms with Gasteiger partial charge in [-0.2, -0.15) is 0 Å². The lowest BCUT2D eigenvalue weighted by Crippen LogP contribution is -3.07. The van der Waals surface area contributed by atoms with Crippen LogP contribution in [0.3, 0.4) is 0 Å². The number of nitrogens with one attached hydrogen (secondary N) is 2. The fraction of sp³-hybridized carbons (Fsp3) is 0.269. The van der Waals surface area contributed by atoms with Gasteiger partial charge in [-0.05, 0) is 23.3 Å². The summed E-state index contributed by atoms with van der Waals surface area (Å²) in [5.41, 5.74) is 3.46. The molecule has 2 N–H and O–H groups in total. The molecule has 1 amide bonds. The number of methoxy groups -OCH3 is 1. The SMILES string of the molecule is COc1cccc([C@H](CNC(=O)CC(c2ccccc2)c2ccccc2)[NH+](C)C)c1. The number of benzene rings is 3. The molecule has 3 rings (SSSR count). The van der Waals surface area contributed by atoms with E-state index in [0.29, 0.717) is 13.0 Å². The number of ether oxygens (including phenoxy) is 1. The zero-order valence-corrected chi connectivity index (χ0v) is 18.0. The molecule has 0 aliphatic carbocycles. The first-order valence-electron chi connectivity index (χ1n) is 10.4. The van der Waals surface area contributed by atoms with Gasteiger partial charge < -0.3 is 15.0 Å². The molecule has 3 aromatic carbocycles. The molecule has 0 fully saturated rings. The normalized spacial score (nSPS) is 12.0. The summed E-state index contributed by atoms with van der Waals surface area (Å²) in [6, 6.07) is 28.7. The van der Waals surface area contributed by atoms with Crippen molar-refractivity contribution in [3.05, 3.63) is 102 Å². The van der Waals surface area contributed by atoms with E-state index in [2.05, 4.69) is 49.7 Å². The van der Waals surface area contributed by atoms with E-state index in [1.165, 1.54) is 4.90 Å². The van der Waals surface area contributed by atoms with Crippen LogP contribution < -0.4 is 15.0 Å². The van der Waals surface area contributed by atoms with E-state index in [0.717, 1.165) is 22.4 Å². The highest BCUT2D eigenvalue weighted by Gasteiger charge is 2.22. The largest absolute Gasteiger partial charge is 0.497 e. The Kier molecular flexibility index (Phi) is 7.63. The lowest BCUT2D eigenvalue weighted by atomic mass is 9.88. The number of hydrogen-bond acceptors (Lipinski definition) is 2. The average Bonchev–Trinajstić information content (AvgIpc) is 2.78. The van der Waals surface area contributed by atoms with E-state index in [1.54, 1.807) is 7.11 Å². The maximum atomic E-state index is 12.9. The third-order valence-corrected chi connectivity index (χ3v) is 5.49. The highest BCUT2D eigenvalue weighted by atomic mass is 16.5. The van der Waals surface area contributed by atoms with E-state index in [9.17, 15) is 4.79 Å². The van der Waals surface area contributed by atoms with Gasteiger partial charge in [0, 0.05) is 17.9 Å². The van der Waals surface area contributed by atoms with Crippen molar-refractivity contribution in [3.63, 3.8) is 0 Å². The van der Waals surface area contributed by atoms with Gasteiger partial charge >= 0.3 is 0 Å². The van der Waals surface area contributed by atoms with Crippen molar-refractivity contribution in [2.45, 2.75) is 18.4 Å². The van der Waals surface area contributed by atoms with Crippen molar-refractivity contribution in [1.82, 2.24) is 5.32 Å². The molecule has 0 radical (unpaired) electrons. The molecule has 156 valence electrons. The summed E-state index contributed by atoms with van der Waals surface area (Å²) in [7, 11) is 5.88. The van der Waals surface area contributed by atoms with Crippen LogP contribution in [0.15, 0.2) is 84.9 Å². The van der Waals surface area contributed by atoms with Gasteiger partial charge in [-0.3, -0.25) is 4.79 Å². The van der Waals surface area contributed by atoms with Gasteiger partial charge in [-0.25, -0.2) is 0 Å². The van der Waals surface area contributed by atoms with Crippen LogP contribution in [0.5, 0.6) is 5.75 Å². The van der Waals surface area contributed by atoms with Crippen LogP contribution in [0.4, 0.5) is 0 Å². The van der Waals surface area contributed by atoms with Gasteiger partial charge in [-0.15, -0.1) is 0 Å². The topological polar surface area (TPSA) is 42.8 Å². The van der Waals surface area contributed by atoms with Gasteiger partial charge in [0.25, 0.3) is 0 Å². The quantitative estimate of drug-likeness (QED) is 0.576. The van der Waals surface area contributed by atoms with E-state index >= 15 is 0 Å². The van der Waals surface area contributed by atoms with E-state index in [4.69, 9.17) is 4.74 Å². The first-order valence-corrected chi connectivity index (χ1v) is 10.4. The van der Waals surface area contributed by atoms with Crippen molar-refractivity contribution in [2.24, 2.45) is 0 Å². The molecule has 0 heterocycles. The zero-order valence-electron chi connectivity index (χ0n) is 18.0. The molecule has 0 saturated carbocycles. The molecule has 4 nitrogen and oxygen atoms in total. The Balaban J connectivity index is 1.71. The van der Waals surface area contributed by atoms with Crippen molar-refractivity contribution >= 4 is 5.91 Å². The van der Waals surface area contributed by atoms with Crippen molar-refractivity contribution < 1.29 is 14.4 Å². The molecule has 0 spiro atoms. The molecule has 30 heavy (non-hydrogen) atoms. The van der Waals surface area contributed by atoms with Crippen LogP contribution in [-0.2, 0) is 4.79 Å². The Morgan fingerprint density at radius 3 is 1.97 bits per heavy atom. The van der Waals surface area contributed by atoms with E-state index < -0.39 is 0 Å². The molecule has 0 bridgehead atoms. The van der Waals surface area contributed by atoms with Gasteiger partial charge in [0.05, 0.1) is 27.7 Å². The summed E-state index contributed by atoms with van der Waals surface area (Å²) < 4.78 is 5.36. The Hall–Kier alpha value is -3.11. The number of rotatable bonds is 9. The summed E-state index contributed by atoms with van der Waals surface area (Å²) >= 11 is 0. The fourth-order valence-corrected chi connectivity index (χ4v) is 3.79. The lowest BCUT2D eigenvalue weighted by molar-refractivity contribution is -0.890. The summed E-state index contributed by atoms with van der Waals surface area (Å²) in [5.74, 6) is 0.925. The summed E-state index contributed by atoms with van der Waals surface area (Å²) in [6.07, 6.45) is 0.418. The first kappa shape index (κ1) is 21.6. The molecule has 0 aromatic heterocycles.